The molecule has 0 saturated heterocycles. The van der Waals surface area contributed by atoms with Crippen LogP contribution in [0.25, 0.3) is 0 Å². The van der Waals surface area contributed by atoms with Gasteiger partial charge in [0.05, 0.1) is 17.2 Å². The number of ether oxygens (including phenoxy) is 1. The Morgan fingerprint density at radius 1 is 0.782 bits per heavy atom. The Morgan fingerprint density at radius 2 is 1.36 bits per heavy atom. The highest BCUT2D eigenvalue weighted by molar-refractivity contribution is 7.90. The zero-order valence-electron chi connectivity index (χ0n) is 33.3. The highest BCUT2D eigenvalue weighted by Gasteiger charge is 2.38. The van der Waals surface area contributed by atoms with Crippen LogP contribution in [-0.4, -0.2) is 48.1 Å². The fourth-order valence-electron chi connectivity index (χ4n) is 6.05. The van der Waals surface area contributed by atoms with Gasteiger partial charge < -0.3 is 19.9 Å². The Bertz CT molecular complexity index is 1780. The van der Waals surface area contributed by atoms with Gasteiger partial charge in [-0.2, -0.15) is 0 Å². The van der Waals surface area contributed by atoms with E-state index in [9.17, 15) is 27.6 Å². The fraction of sp³-hybridized carbons (Fsp3) is 0.548. The first kappa shape index (κ1) is 44.9. The normalized spacial score (nSPS) is 12.2. The van der Waals surface area contributed by atoms with E-state index < -0.39 is 45.0 Å². The van der Waals surface area contributed by atoms with Crippen LogP contribution in [0.1, 0.15) is 148 Å². The molecule has 12 nitrogen and oxygen atoms in total. The third-order valence-corrected chi connectivity index (χ3v) is 10.6. The van der Waals surface area contributed by atoms with Crippen molar-refractivity contribution in [2.24, 2.45) is 5.41 Å². The minimum absolute atomic E-state index is 0.00991. The van der Waals surface area contributed by atoms with Crippen molar-refractivity contribution < 1.29 is 32.3 Å². The van der Waals surface area contributed by atoms with E-state index in [1.807, 2.05) is 4.72 Å². The van der Waals surface area contributed by atoms with E-state index >= 15 is 0 Å². The standard InChI is InChI=1S/C42H61N5O7S/c1-6-8-9-10-11-12-13-14-15-16-17-18-19-23-30-54-35-27-26-33(55(52,53)46-36(48)7-2)31-34(35)45-40(50)37(38(49)42(3,4)5)47-29-28-43-39(47)41(51)44-32-24-21-20-22-25-32/h20-22,24-29,31,37H,6-19,23,30H2,1-5H3,(H,44,51)(H,45,50)(H,46,48). The Labute approximate surface area is 327 Å². The number of nitrogens with one attached hydrogen (secondary N) is 3. The van der Waals surface area contributed by atoms with Gasteiger partial charge in [0, 0.05) is 29.9 Å². The van der Waals surface area contributed by atoms with Gasteiger partial charge in [-0.3, -0.25) is 19.2 Å². The lowest BCUT2D eigenvalue weighted by atomic mass is 9.86. The molecule has 0 spiro atoms. The van der Waals surface area contributed by atoms with E-state index in [-0.39, 0.29) is 28.6 Å². The van der Waals surface area contributed by atoms with E-state index in [0.29, 0.717) is 12.3 Å². The third-order valence-electron chi connectivity index (χ3n) is 9.26. The van der Waals surface area contributed by atoms with Crippen molar-refractivity contribution in [3.63, 3.8) is 0 Å². The maximum absolute atomic E-state index is 14.2. The molecular weight excluding hydrogens is 719 g/mol. The molecule has 0 bridgehead atoms. The molecule has 3 rings (SSSR count). The van der Waals surface area contributed by atoms with Crippen LogP contribution in [0.3, 0.4) is 0 Å². The molecule has 3 aromatic rings. The second kappa shape index (κ2) is 22.8. The SMILES string of the molecule is CCCCCCCCCCCCCCCCOc1ccc(S(=O)(=O)NC(=O)CC)cc1NC(=O)C(C(=O)C(C)(C)C)n1ccnc1C(=O)Nc1ccccc1. The van der Waals surface area contributed by atoms with Crippen LogP contribution in [0.4, 0.5) is 11.4 Å². The van der Waals surface area contributed by atoms with Crippen LogP contribution in [0.15, 0.2) is 65.8 Å². The summed E-state index contributed by atoms with van der Waals surface area (Å²) < 4.78 is 35.5. The Balaban J connectivity index is 1.74. The second-order valence-electron chi connectivity index (χ2n) is 15.0. The molecule has 0 aliphatic carbocycles. The molecule has 55 heavy (non-hydrogen) atoms. The summed E-state index contributed by atoms with van der Waals surface area (Å²) in [5, 5.41) is 5.44. The second-order valence-corrected chi connectivity index (χ2v) is 16.7. The molecule has 0 fully saturated rings. The molecule has 1 unspecified atom stereocenters. The lowest BCUT2D eigenvalue weighted by Crippen LogP contribution is -2.40. The van der Waals surface area contributed by atoms with E-state index in [1.54, 1.807) is 51.1 Å². The number of hydrogen-bond donors (Lipinski definition) is 3. The predicted octanol–water partition coefficient (Wildman–Crippen LogP) is 9.01. The first-order chi connectivity index (χ1) is 26.3. The van der Waals surface area contributed by atoms with Gasteiger partial charge in [-0.1, -0.05) is 136 Å². The zero-order chi connectivity index (χ0) is 40.3. The van der Waals surface area contributed by atoms with E-state index in [1.165, 1.54) is 106 Å². The summed E-state index contributed by atoms with van der Waals surface area (Å²) in [5.41, 5.74) is -0.536. The third kappa shape index (κ3) is 14.9. The van der Waals surface area contributed by atoms with Gasteiger partial charge in [0.25, 0.3) is 21.8 Å². The molecule has 13 heteroatoms. The van der Waals surface area contributed by atoms with Gasteiger partial charge in [0.1, 0.15) is 5.75 Å². The number of hydrogen-bond acceptors (Lipinski definition) is 8. The molecule has 0 aliphatic heterocycles. The van der Waals surface area contributed by atoms with Crippen LogP contribution in [0.5, 0.6) is 5.75 Å². The summed E-state index contributed by atoms with van der Waals surface area (Å²) in [6, 6.07) is 11.0. The van der Waals surface area contributed by atoms with Gasteiger partial charge in [-0.15, -0.1) is 0 Å². The number of ketones is 1. The maximum atomic E-state index is 14.2. The van der Waals surface area contributed by atoms with Crippen molar-refractivity contribution in [1.82, 2.24) is 14.3 Å². The van der Waals surface area contributed by atoms with Gasteiger partial charge in [-0.25, -0.2) is 18.1 Å². The minimum Gasteiger partial charge on any atom is -0.491 e. The first-order valence-corrected chi connectivity index (χ1v) is 21.3. The van der Waals surface area contributed by atoms with Gasteiger partial charge >= 0.3 is 0 Å². The average molecular weight is 780 g/mol. The van der Waals surface area contributed by atoms with E-state index in [2.05, 4.69) is 22.5 Å². The summed E-state index contributed by atoms with van der Waals surface area (Å²) in [5.74, 6) is -2.65. The average Bonchev–Trinajstić information content (AvgIpc) is 3.63. The molecular formula is C42H61N5O7S. The summed E-state index contributed by atoms with van der Waals surface area (Å²) in [4.78, 5) is 57.4. The van der Waals surface area contributed by atoms with Crippen LogP contribution in [-0.2, 0) is 24.4 Å². The van der Waals surface area contributed by atoms with Crippen LogP contribution in [0, 0.1) is 5.41 Å². The topological polar surface area (TPSA) is 166 Å². The minimum atomic E-state index is -4.29. The molecule has 3 N–H and O–H groups in total. The van der Waals surface area contributed by atoms with Crippen LogP contribution < -0.4 is 20.1 Å². The van der Waals surface area contributed by atoms with Gasteiger partial charge in [-0.05, 0) is 36.8 Å². The molecule has 0 aliphatic rings. The number of anilines is 2. The molecule has 1 atom stereocenters. The first-order valence-electron chi connectivity index (χ1n) is 19.8. The highest BCUT2D eigenvalue weighted by atomic mass is 32.2. The van der Waals surface area contributed by atoms with Gasteiger partial charge in [0.2, 0.25) is 5.91 Å². The number of carbonyl (C=O) groups excluding carboxylic acids is 4. The molecule has 302 valence electrons. The van der Waals surface area contributed by atoms with E-state index in [4.69, 9.17) is 4.74 Å². The number of aromatic nitrogens is 2. The Kier molecular flexibility index (Phi) is 18.6. The van der Waals surface area contributed by atoms with Crippen molar-refractivity contribution >= 4 is 44.9 Å². The van der Waals surface area contributed by atoms with Crippen LogP contribution >= 0.6 is 0 Å². The van der Waals surface area contributed by atoms with Crippen molar-refractivity contribution in [3.05, 3.63) is 66.7 Å². The summed E-state index contributed by atoms with van der Waals surface area (Å²) in [6.07, 6.45) is 19.6. The summed E-state index contributed by atoms with van der Waals surface area (Å²) in [6.45, 7) is 9.06. The zero-order valence-corrected chi connectivity index (χ0v) is 34.1. The monoisotopic (exact) mass is 779 g/mol. The molecule has 3 amide bonds. The maximum Gasteiger partial charge on any atom is 0.291 e. The van der Waals surface area contributed by atoms with Crippen molar-refractivity contribution in [2.45, 2.75) is 142 Å². The number of rotatable bonds is 25. The fourth-order valence-corrected chi connectivity index (χ4v) is 7.13. The summed E-state index contributed by atoms with van der Waals surface area (Å²) >= 11 is 0. The predicted molar refractivity (Wildman–Crippen MR) is 217 cm³/mol. The number of sulfonamides is 1. The Morgan fingerprint density at radius 3 is 1.93 bits per heavy atom. The van der Waals surface area contributed by atoms with Crippen molar-refractivity contribution in [1.29, 1.82) is 0 Å². The summed E-state index contributed by atoms with van der Waals surface area (Å²) in [7, 11) is -4.29. The number of carbonyl (C=O) groups is 4. The number of para-hydroxylation sites is 1. The lowest BCUT2D eigenvalue weighted by molar-refractivity contribution is -0.135. The molecule has 1 heterocycles. The Hall–Kier alpha value is -4.52. The molecule has 0 saturated carbocycles. The number of unbranched alkanes of at least 4 members (excludes halogenated alkanes) is 13. The van der Waals surface area contributed by atoms with Crippen molar-refractivity contribution in [3.8, 4) is 5.75 Å². The smallest absolute Gasteiger partial charge is 0.291 e. The molecule has 2 aromatic carbocycles. The number of nitrogens with zero attached hydrogens (tertiary/aromatic N) is 2. The molecule has 0 radical (unpaired) electrons. The lowest BCUT2D eigenvalue weighted by Gasteiger charge is -2.26. The number of Topliss-reactive ketones (excluding diaryl/α,β-unsaturated/α-hetero) is 1. The van der Waals surface area contributed by atoms with E-state index in [0.717, 1.165) is 25.7 Å². The van der Waals surface area contributed by atoms with Crippen LogP contribution in [0.2, 0.25) is 0 Å². The quantitative estimate of drug-likeness (QED) is 0.0566. The van der Waals surface area contributed by atoms with Crippen molar-refractivity contribution in [2.75, 3.05) is 17.2 Å². The number of amides is 3. The highest BCUT2D eigenvalue weighted by Crippen LogP contribution is 2.32. The number of benzene rings is 2. The van der Waals surface area contributed by atoms with Gasteiger partial charge in [0.15, 0.2) is 17.6 Å². The molecule has 1 aromatic heterocycles. The number of imidazole rings is 1. The largest absolute Gasteiger partial charge is 0.491 e.